The van der Waals surface area contributed by atoms with Crippen molar-refractivity contribution in [2.24, 2.45) is 4.99 Å². The van der Waals surface area contributed by atoms with Gasteiger partial charge in [-0.2, -0.15) is 0 Å². The molecule has 0 amide bonds. The molecule has 0 fully saturated rings. The zero-order valence-electron chi connectivity index (χ0n) is 16.9. The number of methoxy groups -OCH3 is 1. The monoisotopic (exact) mass is 454 g/mol. The second-order valence-electron chi connectivity index (χ2n) is 6.75. The number of fused-ring (bicyclic) bond motifs is 1. The van der Waals surface area contributed by atoms with E-state index in [-0.39, 0.29) is 5.56 Å². The molecular weight excluding hydrogens is 436 g/mol. The third-order valence-corrected chi connectivity index (χ3v) is 6.56. The number of aromatic nitrogens is 1. The summed E-state index contributed by atoms with van der Waals surface area (Å²) in [4.78, 5) is 43.0. The van der Waals surface area contributed by atoms with Crippen LogP contribution in [0.3, 0.4) is 0 Å². The first kappa shape index (κ1) is 21.0. The Balaban J connectivity index is 1.89. The largest absolute Gasteiger partial charge is 0.466 e. The SMILES string of the molecule is COC(=O)C1=C(C)N=c2sc(=Cc3cccc(OC(C)=O)c3)c(=O)n2C1c1cccs1. The van der Waals surface area contributed by atoms with Gasteiger partial charge in [0, 0.05) is 11.8 Å². The van der Waals surface area contributed by atoms with Crippen LogP contribution in [-0.4, -0.2) is 23.6 Å². The number of allylic oxidation sites excluding steroid dienone is 1. The maximum absolute atomic E-state index is 13.4. The number of hydrogen-bond acceptors (Lipinski definition) is 8. The van der Waals surface area contributed by atoms with E-state index in [0.717, 1.165) is 4.88 Å². The summed E-state index contributed by atoms with van der Waals surface area (Å²) in [5.41, 5.74) is 1.32. The van der Waals surface area contributed by atoms with Crippen molar-refractivity contribution in [3.05, 3.63) is 83.2 Å². The molecule has 0 aliphatic carbocycles. The van der Waals surface area contributed by atoms with Crippen LogP contribution in [0, 0.1) is 0 Å². The second-order valence-corrected chi connectivity index (χ2v) is 8.74. The molecule has 1 aliphatic heterocycles. The average Bonchev–Trinajstić information content (AvgIpc) is 3.35. The Labute approximate surface area is 185 Å². The maximum Gasteiger partial charge on any atom is 0.338 e. The van der Waals surface area contributed by atoms with Gasteiger partial charge >= 0.3 is 11.9 Å². The topological polar surface area (TPSA) is 87.0 Å². The lowest BCUT2D eigenvalue weighted by molar-refractivity contribution is -0.136. The Morgan fingerprint density at radius 1 is 1.23 bits per heavy atom. The molecule has 3 heterocycles. The van der Waals surface area contributed by atoms with Crippen molar-refractivity contribution in [3.8, 4) is 5.75 Å². The summed E-state index contributed by atoms with van der Waals surface area (Å²) < 4.78 is 12.1. The lowest BCUT2D eigenvalue weighted by Crippen LogP contribution is -2.39. The molecule has 7 nitrogen and oxygen atoms in total. The van der Waals surface area contributed by atoms with E-state index in [1.165, 1.54) is 41.3 Å². The normalized spacial score (nSPS) is 16.0. The van der Waals surface area contributed by atoms with Crippen LogP contribution in [0.1, 0.15) is 30.3 Å². The van der Waals surface area contributed by atoms with E-state index < -0.39 is 18.0 Å². The molecule has 4 rings (SSSR count). The van der Waals surface area contributed by atoms with Gasteiger partial charge in [0.1, 0.15) is 11.8 Å². The number of thiophene rings is 1. The summed E-state index contributed by atoms with van der Waals surface area (Å²) in [6, 6.07) is 10.1. The lowest BCUT2D eigenvalue weighted by atomic mass is 10.0. The van der Waals surface area contributed by atoms with Gasteiger partial charge in [-0.3, -0.25) is 14.2 Å². The number of esters is 2. The average molecular weight is 455 g/mol. The van der Waals surface area contributed by atoms with E-state index >= 15 is 0 Å². The number of ether oxygens (including phenoxy) is 2. The molecule has 1 aromatic carbocycles. The molecule has 31 heavy (non-hydrogen) atoms. The number of hydrogen-bond donors (Lipinski definition) is 0. The molecule has 0 spiro atoms. The van der Waals surface area contributed by atoms with Gasteiger partial charge in [0.05, 0.1) is 22.9 Å². The third-order valence-electron chi connectivity index (χ3n) is 4.66. The van der Waals surface area contributed by atoms with Gasteiger partial charge in [-0.25, -0.2) is 9.79 Å². The molecule has 3 aromatic rings. The Bertz CT molecular complexity index is 1380. The Morgan fingerprint density at radius 2 is 2.03 bits per heavy atom. The number of benzene rings is 1. The summed E-state index contributed by atoms with van der Waals surface area (Å²) in [6.45, 7) is 3.07. The minimum Gasteiger partial charge on any atom is -0.466 e. The zero-order valence-corrected chi connectivity index (χ0v) is 18.6. The van der Waals surface area contributed by atoms with Gasteiger partial charge in [0.2, 0.25) is 0 Å². The van der Waals surface area contributed by atoms with Crippen LogP contribution in [0.4, 0.5) is 0 Å². The first-order valence-electron chi connectivity index (χ1n) is 9.32. The van der Waals surface area contributed by atoms with E-state index in [9.17, 15) is 14.4 Å². The van der Waals surface area contributed by atoms with Crippen molar-refractivity contribution in [2.75, 3.05) is 7.11 Å². The summed E-state index contributed by atoms with van der Waals surface area (Å²) in [6.07, 6.45) is 1.72. The maximum atomic E-state index is 13.4. The highest BCUT2D eigenvalue weighted by Crippen LogP contribution is 2.32. The summed E-state index contributed by atoms with van der Waals surface area (Å²) in [5, 5.41) is 1.90. The van der Waals surface area contributed by atoms with Crippen LogP contribution in [0.25, 0.3) is 6.08 Å². The van der Waals surface area contributed by atoms with Crippen LogP contribution in [0.2, 0.25) is 0 Å². The van der Waals surface area contributed by atoms with Crippen LogP contribution in [0.5, 0.6) is 5.75 Å². The first-order valence-corrected chi connectivity index (χ1v) is 11.0. The molecule has 0 radical (unpaired) electrons. The van der Waals surface area contributed by atoms with Gasteiger partial charge in [-0.05, 0) is 42.1 Å². The molecule has 0 saturated carbocycles. The van der Waals surface area contributed by atoms with Gasteiger partial charge < -0.3 is 9.47 Å². The molecule has 0 N–H and O–H groups in total. The molecule has 1 unspecified atom stereocenters. The van der Waals surface area contributed by atoms with Crippen molar-refractivity contribution in [2.45, 2.75) is 19.9 Å². The highest BCUT2D eigenvalue weighted by Gasteiger charge is 2.33. The van der Waals surface area contributed by atoms with Crippen molar-refractivity contribution in [1.82, 2.24) is 4.57 Å². The minimum absolute atomic E-state index is 0.256. The fraction of sp³-hybridized carbons (Fsp3) is 0.182. The van der Waals surface area contributed by atoms with Gasteiger partial charge in [-0.15, -0.1) is 11.3 Å². The summed E-state index contributed by atoms with van der Waals surface area (Å²) >= 11 is 2.70. The van der Waals surface area contributed by atoms with Gasteiger partial charge in [-0.1, -0.05) is 29.5 Å². The van der Waals surface area contributed by atoms with Crippen molar-refractivity contribution in [3.63, 3.8) is 0 Å². The second kappa shape index (κ2) is 8.44. The smallest absolute Gasteiger partial charge is 0.338 e. The summed E-state index contributed by atoms with van der Waals surface area (Å²) in [5.74, 6) is -0.532. The molecule has 0 bridgehead atoms. The predicted molar refractivity (Wildman–Crippen MR) is 118 cm³/mol. The van der Waals surface area contributed by atoms with Crippen LogP contribution in [-0.2, 0) is 14.3 Å². The fourth-order valence-electron chi connectivity index (χ4n) is 3.39. The Morgan fingerprint density at radius 3 is 2.71 bits per heavy atom. The number of carbonyl (C=O) groups excluding carboxylic acids is 2. The molecule has 1 aliphatic rings. The van der Waals surface area contributed by atoms with E-state index in [4.69, 9.17) is 9.47 Å². The summed E-state index contributed by atoms with van der Waals surface area (Å²) in [7, 11) is 1.31. The predicted octanol–water partition coefficient (Wildman–Crippen LogP) is 2.40. The number of carbonyl (C=O) groups is 2. The quantitative estimate of drug-likeness (QED) is 0.446. The lowest BCUT2D eigenvalue weighted by Gasteiger charge is -2.22. The molecule has 9 heteroatoms. The number of thiazole rings is 1. The van der Waals surface area contributed by atoms with E-state index in [1.54, 1.807) is 31.2 Å². The zero-order chi connectivity index (χ0) is 22.1. The third kappa shape index (κ3) is 4.01. The standard InChI is InChI=1S/C22H18N2O5S2/c1-12-18(21(27)28-3)19(16-8-5-9-30-16)24-20(26)17(31-22(24)23-12)11-14-6-4-7-15(10-14)29-13(2)25/h4-11,19H,1-3H3. The molecule has 2 aromatic heterocycles. The fourth-order valence-corrected chi connectivity index (χ4v) is 5.26. The van der Waals surface area contributed by atoms with Gasteiger partial charge in [0.15, 0.2) is 4.80 Å². The molecule has 0 saturated heterocycles. The van der Waals surface area contributed by atoms with E-state index in [2.05, 4.69) is 4.99 Å². The molecule has 158 valence electrons. The molecule has 1 atom stereocenters. The van der Waals surface area contributed by atoms with Crippen LogP contribution < -0.4 is 19.6 Å². The van der Waals surface area contributed by atoms with Gasteiger partial charge in [0.25, 0.3) is 5.56 Å². The first-order chi connectivity index (χ1) is 14.9. The minimum atomic E-state index is -0.599. The van der Waals surface area contributed by atoms with Crippen LogP contribution >= 0.6 is 22.7 Å². The Kier molecular flexibility index (Phi) is 5.71. The number of nitrogens with zero attached hydrogens (tertiary/aromatic N) is 2. The molecular formula is C22H18N2O5S2. The Hall–Kier alpha value is -3.30. The van der Waals surface area contributed by atoms with Crippen molar-refractivity contribution >= 4 is 40.7 Å². The van der Waals surface area contributed by atoms with Crippen molar-refractivity contribution in [1.29, 1.82) is 0 Å². The van der Waals surface area contributed by atoms with E-state index in [1.807, 2.05) is 23.6 Å². The van der Waals surface area contributed by atoms with Crippen LogP contribution in [0.15, 0.2) is 62.8 Å². The van der Waals surface area contributed by atoms with E-state index in [0.29, 0.717) is 31.9 Å². The van der Waals surface area contributed by atoms with Crippen molar-refractivity contribution < 1.29 is 19.1 Å². The highest BCUT2D eigenvalue weighted by molar-refractivity contribution is 7.10. The highest BCUT2D eigenvalue weighted by atomic mass is 32.1. The number of rotatable bonds is 4.